The molecule has 3 heterocycles. The maximum absolute atomic E-state index is 12.4. The summed E-state index contributed by atoms with van der Waals surface area (Å²) in [7, 11) is 0. The van der Waals surface area contributed by atoms with Crippen LogP contribution in [0.25, 0.3) is 10.9 Å². The van der Waals surface area contributed by atoms with Gasteiger partial charge in [0.25, 0.3) is 0 Å². The molecule has 10 heteroatoms. The highest BCUT2D eigenvalue weighted by Gasteiger charge is 2.21. The molecule has 1 amide bonds. The molecule has 2 N–H and O–H groups in total. The Morgan fingerprint density at radius 3 is 2.82 bits per heavy atom. The van der Waals surface area contributed by atoms with Crippen molar-refractivity contribution in [2.75, 3.05) is 23.8 Å². The van der Waals surface area contributed by atoms with Gasteiger partial charge < -0.3 is 24.8 Å². The van der Waals surface area contributed by atoms with E-state index in [0.717, 1.165) is 6.42 Å². The molecule has 0 saturated carbocycles. The summed E-state index contributed by atoms with van der Waals surface area (Å²) in [5, 5.41) is 17.0. The molecule has 4 aromatic rings. The molecule has 5 rings (SSSR count). The van der Waals surface area contributed by atoms with Crippen molar-refractivity contribution in [1.82, 2.24) is 9.97 Å². The van der Waals surface area contributed by atoms with Crippen LogP contribution in [0.5, 0.6) is 17.4 Å². The Bertz CT molecular complexity index is 1580. The van der Waals surface area contributed by atoms with E-state index in [1.165, 1.54) is 12.3 Å². The smallest absolute Gasteiger partial charge is 0.248 e. The molecule has 1 aliphatic rings. The maximum atomic E-state index is 12.4. The number of halogens is 1. The standard InChI is InChI=1S/C29H24ClN5O4/c1-2-5-27(36)35-24-13-21-23(14-26(24)38-20-9-11-37-17-20)33-16-18(15-31)29(21)34-19-7-8-25(22(30)12-19)39-28-6-3-4-10-32-28/h2-8,10,12-14,16,20H,9,11,17H2,1H3,(H,33,34)(H,35,36)/b5-2+. The van der Waals surface area contributed by atoms with E-state index in [0.29, 0.717) is 69.1 Å². The molecule has 9 nitrogen and oxygen atoms in total. The number of fused-ring (bicyclic) bond motifs is 1. The third-order valence-electron chi connectivity index (χ3n) is 5.90. The van der Waals surface area contributed by atoms with Crippen molar-refractivity contribution in [2.45, 2.75) is 19.4 Å². The minimum absolute atomic E-state index is 0.134. The van der Waals surface area contributed by atoms with Gasteiger partial charge in [-0.2, -0.15) is 5.26 Å². The van der Waals surface area contributed by atoms with Crippen molar-refractivity contribution in [2.24, 2.45) is 0 Å². The van der Waals surface area contributed by atoms with E-state index in [1.807, 2.05) is 6.07 Å². The van der Waals surface area contributed by atoms with Gasteiger partial charge in [-0.15, -0.1) is 0 Å². The summed E-state index contributed by atoms with van der Waals surface area (Å²) in [6.07, 6.45) is 6.80. The molecule has 2 aromatic carbocycles. The number of anilines is 3. The van der Waals surface area contributed by atoms with Crippen molar-refractivity contribution in [3.63, 3.8) is 0 Å². The number of nitriles is 1. The SMILES string of the molecule is C/C=C/C(=O)Nc1cc2c(Nc3ccc(Oc4ccccn4)c(Cl)c3)c(C#N)cnc2cc1OC1CCOC1. The second kappa shape index (κ2) is 11.8. The molecule has 196 valence electrons. The highest BCUT2D eigenvalue weighted by atomic mass is 35.5. The number of rotatable bonds is 8. The first kappa shape index (κ1) is 26.0. The molecule has 0 bridgehead atoms. The van der Waals surface area contributed by atoms with Gasteiger partial charge in [0.15, 0.2) is 0 Å². The van der Waals surface area contributed by atoms with Crippen molar-refractivity contribution < 1.29 is 19.0 Å². The van der Waals surface area contributed by atoms with Gasteiger partial charge in [0.2, 0.25) is 11.8 Å². The van der Waals surface area contributed by atoms with Gasteiger partial charge in [-0.05, 0) is 43.3 Å². The van der Waals surface area contributed by atoms with Gasteiger partial charge in [0, 0.05) is 42.0 Å². The van der Waals surface area contributed by atoms with Crippen molar-refractivity contribution >= 4 is 45.5 Å². The van der Waals surface area contributed by atoms with Gasteiger partial charge >= 0.3 is 0 Å². The minimum atomic E-state index is -0.307. The van der Waals surface area contributed by atoms with Crippen molar-refractivity contribution in [3.05, 3.63) is 83.7 Å². The molecule has 39 heavy (non-hydrogen) atoms. The van der Waals surface area contributed by atoms with Crippen molar-refractivity contribution in [1.29, 1.82) is 5.26 Å². The normalized spacial score (nSPS) is 14.7. The van der Waals surface area contributed by atoms with Gasteiger partial charge in [-0.3, -0.25) is 9.78 Å². The molecule has 1 fully saturated rings. The number of hydrogen-bond donors (Lipinski definition) is 2. The Labute approximate surface area is 230 Å². The summed E-state index contributed by atoms with van der Waals surface area (Å²) < 4.78 is 17.4. The van der Waals surface area contributed by atoms with Gasteiger partial charge in [0.1, 0.15) is 23.7 Å². The van der Waals surface area contributed by atoms with Crippen LogP contribution in [0.4, 0.5) is 17.1 Å². The zero-order valence-electron chi connectivity index (χ0n) is 21.0. The van der Waals surface area contributed by atoms with E-state index in [-0.39, 0.29) is 12.0 Å². The average molecular weight is 542 g/mol. The summed E-state index contributed by atoms with van der Waals surface area (Å²) in [6, 6.07) is 16.2. The van der Waals surface area contributed by atoms with Crippen molar-refractivity contribution in [3.8, 4) is 23.4 Å². The fraction of sp³-hybridized carbons (Fsp3) is 0.172. The van der Waals surface area contributed by atoms with Gasteiger partial charge in [-0.1, -0.05) is 23.7 Å². The predicted molar refractivity (Wildman–Crippen MR) is 149 cm³/mol. The second-order valence-corrected chi connectivity index (χ2v) is 9.06. The summed E-state index contributed by atoms with van der Waals surface area (Å²) in [4.78, 5) is 21.1. The molecule has 1 saturated heterocycles. The van der Waals surface area contributed by atoms with Crippen LogP contribution in [0.15, 0.2) is 73.1 Å². The molecular weight excluding hydrogens is 518 g/mol. The molecule has 0 aliphatic carbocycles. The fourth-order valence-corrected chi connectivity index (χ4v) is 4.29. The highest BCUT2D eigenvalue weighted by Crippen LogP contribution is 2.38. The van der Waals surface area contributed by atoms with Crippen LogP contribution in [-0.4, -0.2) is 35.2 Å². The fourth-order valence-electron chi connectivity index (χ4n) is 4.07. The highest BCUT2D eigenvalue weighted by molar-refractivity contribution is 6.32. The zero-order chi connectivity index (χ0) is 27.2. The number of benzene rings is 2. The lowest BCUT2D eigenvalue weighted by Gasteiger charge is -2.18. The van der Waals surface area contributed by atoms with E-state index in [9.17, 15) is 10.1 Å². The number of carbonyl (C=O) groups is 1. The van der Waals surface area contributed by atoms with Crippen LogP contribution < -0.4 is 20.1 Å². The summed E-state index contributed by atoms with van der Waals surface area (Å²) in [6.45, 7) is 2.84. The molecule has 0 radical (unpaired) electrons. The Hall–Kier alpha value is -4.65. The Balaban J connectivity index is 1.52. The summed E-state index contributed by atoms with van der Waals surface area (Å²) >= 11 is 6.50. The Morgan fingerprint density at radius 2 is 2.10 bits per heavy atom. The summed E-state index contributed by atoms with van der Waals surface area (Å²) in [5.74, 6) is 1.02. The third-order valence-corrected chi connectivity index (χ3v) is 6.20. The topological polar surface area (TPSA) is 118 Å². The van der Waals surface area contributed by atoms with Crippen LogP contribution in [-0.2, 0) is 9.53 Å². The van der Waals surface area contributed by atoms with Crippen LogP contribution in [0.2, 0.25) is 5.02 Å². The number of nitrogens with one attached hydrogen (secondary N) is 2. The Morgan fingerprint density at radius 1 is 1.21 bits per heavy atom. The summed E-state index contributed by atoms with van der Waals surface area (Å²) in [5.41, 5.74) is 2.48. The van der Waals surface area contributed by atoms with E-state index < -0.39 is 0 Å². The average Bonchev–Trinajstić information content (AvgIpc) is 3.45. The van der Waals surface area contributed by atoms with Crippen LogP contribution >= 0.6 is 11.6 Å². The van der Waals surface area contributed by atoms with E-state index in [1.54, 1.807) is 61.7 Å². The number of allylic oxidation sites excluding steroid dienone is 1. The lowest BCUT2D eigenvalue weighted by atomic mass is 10.1. The van der Waals surface area contributed by atoms with Crippen LogP contribution in [0.3, 0.4) is 0 Å². The lowest BCUT2D eigenvalue weighted by Crippen LogP contribution is -2.18. The quantitative estimate of drug-likeness (QED) is 0.247. The molecule has 1 atom stereocenters. The second-order valence-electron chi connectivity index (χ2n) is 8.66. The van der Waals surface area contributed by atoms with Gasteiger partial charge in [-0.25, -0.2) is 4.98 Å². The first-order valence-corrected chi connectivity index (χ1v) is 12.6. The van der Waals surface area contributed by atoms with Crippen LogP contribution in [0.1, 0.15) is 18.9 Å². The maximum Gasteiger partial charge on any atom is 0.248 e. The number of hydrogen-bond acceptors (Lipinski definition) is 8. The zero-order valence-corrected chi connectivity index (χ0v) is 21.7. The first-order valence-electron chi connectivity index (χ1n) is 12.2. The number of pyridine rings is 2. The number of carbonyl (C=O) groups excluding carboxylic acids is 1. The third kappa shape index (κ3) is 6.09. The van der Waals surface area contributed by atoms with Gasteiger partial charge in [0.05, 0.1) is 40.7 Å². The molecule has 1 aliphatic heterocycles. The molecule has 1 unspecified atom stereocenters. The number of ether oxygens (including phenoxy) is 3. The van der Waals surface area contributed by atoms with Crippen LogP contribution in [0, 0.1) is 11.3 Å². The number of nitrogens with zero attached hydrogens (tertiary/aromatic N) is 3. The lowest BCUT2D eigenvalue weighted by molar-refractivity contribution is -0.111. The molecule has 2 aromatic heterocycles. The number of aromatic nitrogens is 2. The number of amides is 1. The monoisotopic (exact) mass is 541 g/mol. The predicted octanol–water partition coefficient (Wildman–Crippen LogP) is 6.37. The molecular formula is C29H24ClN5O4. The minimum Gasteiger partial charge on any atom is -0.486 e. The van der Waals surface area contributed by atoms with E-state index >= 15 is 0 Å². The first-order chi connectivity index (χ1) is 19.0. The largest absolute Gasteiger partial charge is 0.486 e. The van der Waals surface area contributed by atoms with E-state index in [4.69, 9.17) is 25.8 Å². The van der Waals surface area contributed by atoms with E-state index in [2.05, 4.69) is 26.7 Å². The Kier molecular flexibility index (Phi) is 7.87. The molecule has 0 spiro atoms.